The van der Waals surface area contributed by atoms with Crippen LogP contribution in [0.4, 0.5) is 11.4 Å². The first-order chi connectivity index (χ1) is 15.5. The number of benzene rings is 2. The SMILES string of the molecule is CCOc1ccc(N(CCC#N)C(=O)CN(CC)CC(=O)Nc2ccc(OC)cc2)cc1. The number of nitrogens with zero attached hydrogens (tertiary/aromatic N) is 3. The lowest BCUT2D eigenvalue weighted by Crippen LogP contribution is -2.43. The van der Waals surface area contributed by atoms with Crippen molar-refractivity contribution < 1.29 is 19.1 Å². The average Bonchev–Trinajstić information content (AvgIpc) is 2.80. The number of rotatable bonds is 12. The highest BCUT2D eigenvalue weighted by Gasteiger charge is 2.20. The van der Waals surface area contributed by atoms with Gasteiger partial charge >= 0.3 is 0 Å². The fourth-order valence-corrected chi connectivity index (χ4v) is 3.08. The van der Waals surface area contributed by atoms with E-state index >= 15 is 0 Å². The molecule has 170 valence electrons. The van der Waals surface area contributed by atoms with Crippen molar-refractivity contribution in [2.45, 2.75) is 20.3 Å². The van der Waals surface area contributed by atoms with Gasteiger partial charge in [-0.25, -0.2) is 0 Å². The molecule has 2 aromatic carbocycles. The van der Waals surface area contributed by atoms with Gasteiger partial charge in [0.25, 0.3) is 0 Å². The number of ether oxygens (including phenoxy) is 2. The van der Waals surface area contributed by atoms with E-state index in [1.807, 2.05) is 13.8 Å². The number of hydrogen-bond acceptors (Lipinski definition) is 6. The monoisotopic (exact) mass is 438 g/mol. The van der Waals surface area contributed by atoms with E-state index in [-0.39, 0.29) is 37.9 Å². The third-order valence-electron chi connectivity index (χ3n) is 4.75. The highest BCUT2D eigenvalue weighted by atomic mass is 16.5. The molecule has 0 atom stereocenters. The molecule has 0 spiro atoms. The highest BCUT2D eigenvalue weighted by Crippen LogP contribution is 2.20. The Labute approximate surface area is 189 Å². The summed E-state index contributed by atoms with van der Waals surface area (Å²) in [5.74, 6) is 1.03. The zero-order valence-corrected chi connectivity index (χ0v) is 18.8. The van der Waals surface area contributed by atoms with Crippen molar-refractivity contribution in [3.63, 3.8) is 0 Å². The van der Waals surface area contributed by atoms with Crippen LogP contribution < -0.4 is 19.7 Å². The number of amides is 2. The molecule has 0 heterocycles. The van der Waals surface area contributed by atoms with Crippen LogP contribution in [0.1, 0.15) is 20.3 Å². The van der Waals surface area contributed by atoms with Gasteiger partial charge in [-0.15, -0.1) is 0 Å². The molecular weight excluding hydrogens is 408 g/mol. The molecule has 8 nitrogen and oxygen atoms in total. The minimum Gasteiger partial charge on any atom is -0.497 e. The predicted octanol–water partition coefficient (Wildman–Crippen LogP) is 3.30. The first-order valence-electron chi connectivity index (χ1n) is 10.6. The summed E-state index contributed by atoms with van der Waals surface area (Å²) in [6.07, 6.45) is 0.211. The Morgan fingerprint density at radius 2 is 1.66 bits per heavy atom. The van der Waals surface area contributed by atoms with Crippen LogP contribution in [-0.2, 0) is 9.59 Å². The molecule has 0 aliphatic carbocycles. The zero-order chi connectivity index (χ0) is 23.3. The molecule has 1 N–H and O–H groups in total. The van der Waals surface area contributed by atoms with Gasteiger partial charge in [0.15, 0.2) is 0 Å². The van der Waals surface area contributed by atoms with Gasteiger partial charge in [-0.3, -0.25) is 14.5 Å². The molecule has 2 amide bonds. The summed E-state index contributed by atoms with van der Waals surface area (Å²) in [6, 6.07) is 16.3. The summed E-state index contributed by atoms with van der Waals surface area (Å²) in [7, 11) is 1.58. The largest absolute Gasteiger partial charge is 0.497 e. The summed E-state index contributed by atoms with van der Waals surface area (Å²) >= 11 is 0. The van der Waals surface area contributed by atoms with Crippen LogP contribution in [0.2, 0.25) is 0 Å². The van der Waals surface area contributed by atoms with Crippen LogP contribution in [0.3, 0.4) is 0 Å². The molecule has 0 unspecified atom stereocenters. The number of nitriles is 1. The lowest BCUT2D eigenvalue weighted by molar-refractivity contribution is -0.121. The molecule has 8 heteroatoms. The van der Waals surface area contributed by atoms with E-state index in [9.17, 15) is 9.59 Å². The first kappa shape index (κ1) is 24.7. The summed E-state index contributed by atoms with van der Waals surface area (Å²) in [6.45, 7) is 5.29. The van der Waals surface area contributed by atoms with Crippen LogP contribution in [0.25, 0.3) is 0 Å². The minimum absolute atomic E-state index is 0.0607. The Morgan fingerprint density at radius 1 is 1.00 bits per heavy atom. The molecule has 32 heavy (non-hydrogen) atoms. The van der Waals surface area contributed by atoms with Gasteiger partial charge in [-0.2, -0.15) is 5.26 Å². The molecule has 0 saturated carbocycles. The number of hydrogen-bond donors (Lipinski definition) is 1. The van der Waals surface area contributed by atoms with Crippen LogP contribution in [0.15, 0.2) is 48.5 Å². The van der Waals surface area contributed by atoms with Crippen molar-refractivity contribution in [1.29, 1.82) is 5.26 Å². The maximum absolute atomic E-state index is 13.0. The van der Waals surface area contributed by atoms with E-state index in [4.69, 9.17) is 14.7 Å². The van der Waals surface area contributed by atoms with Crippen molar-refractivity contribution in [2.24, 2.45) is 0 Å². The smallest absolute Gasteiger partial charge is 0.241 e. The molecule has 2 aromatic rings. The van der Waals surface area contributed by atoms with E-state index in [0.29, 0.717) is 36.0 Å². The van der Waals surface area contributed by atoms with E-state index < -0.39 is 0 Å². The van der Waals surface area contributed by atoms with Crippen LogP contribution in [-0.4, -0.2) is 56.6 Å². The Kier molecular flexibility index (Phi) is 10.0. The number of carbonyl (C=O) groups is 2. The van der Waals surface area contributed by atoms with Gasteiger partial charge in [0.05, 0.1) is 39.3 Å². The molecular formula is C24H30N4O4. The lowest BCUT2D eigenvalue weighted by Gasteiger charge is -2.26. The summed E-state index contributed by atoms with van der Waals surface area (Å²) in [4.78, 5) is 28.8. The second-order valence-electron chi connectivity index (χ2n) is 6.96. The van der Waals surface area contributed by atoms with E-state index in [0.717, 1.165) is 0 Å². The number of carbonyl (C=O) groups excluding carboxylic acids is 2. The summed E-state index contributed by atoms with van der Waals surface area (Å²) < 4.78 is 10.6. The molecule has 0 aliphatic rings. The molecule has 2 rings (SSSR count). The van der Waals surface area contributed by atoms with E-state index in [1.54, 1.807) is 65.4 Å². The third-order valence-corrected chi connectivity index (χ3v) is 4.75. The normalized spacial score (nSPS) is 10.3. The highest BCUT2D eigenvalue weighted by molar-refractivity contribution is 5.96. The number of likely N-dealkylation sites (N-methyl/N-ethyl adjacent to an activating group) is 1. The second-order valence-corrected chi connectivity index (χ2v) is 6.96. The van der Waals surface area contributed by atoms with Gasteiger partial charge < -0.3 is 19.7 Å². The van der Waals surface area contributed by atoms with Crippen molar-refractivity contribution in [3.8, 4) is 17.6 Å². The summed E-state index contributed by atoms with van der Waals surface area (Å²) in [5.41, 5.74) is 1.34. The van der Waals surface area contributed by atoms with Gasteiger partial charge in [0.1, 0.15) is 11.5 Å². The standard InChI is InChI=1S/C24H30N4O4/c1-4-27(17-23(29)26-19-7-11-21(31-3)12-8-19)18-24(30)28(16-6-15-25)20-9-13-22(14-10-20)32-5-2/h7-14H,4-6,16-18H2,1-3H3,(H,26,29). The maximum Gasteiger partial charge on any atom is 0.241 e. The van der Waals surface area contributed by atoms with E-state index in [1.165, 1.54) is 0 Å². The van der Waals surface area contributed by atoms with Crippen molar-refractivity contribution in [1.82, 2.24) is 4.90 Å². The molecule has 0 saturated heterocycles. The first-order valence-corrected chi connectivity index (χ1v) is 10.6. The number of anilines is 2. The molecule has 0 fully saturated rings. The van der Waals surface area contributed by atoms with Gasteiger partial charge in [-0.1, -0.05) is 6.92 Å². The third kappa shape index (κ3) is 7.60. The van der Waals surface area contributed by atoms with Gasteiger partial charge in [0, 0.05) is 17.9 Å². The van der Waals surface area contributed by atoms with Crippen molar-refractivity contribution in [3.05, 3.63) is 48.5 Å². The minimum atomic E-state index is -0.213. The Hall–Kier alpha value is -3.57. The number of nitrogens with one attached hydrogen (secondary N) is 1. The Morgan fingerprint density at radius 3 is 2.22 bits per heavy atom. The Balaban J connectivity index is 2.01. The second kappa shape index (κ2) is 13.0. The average molecular weight is 439 g/mol. The van der Waals surface area contributed by atoms with Crippen LogP contribution >= 0.6 is 0 Å². The number of methoxy groups -OCH3 is 1. The van der Waals surface area contributed by atoms with Crippen molar-refractivity contribution in [2.75, 3.05) is 50.1 Å². The lowest BCUT2D eigenvalue weighted by atomic mass is 10.2. The summed E-state index contributed by atoms with van der Waals surface area (Å²) in [5, 5.41) is 11.8. The zero-order valence-electron chi connectivity index (χ0n) is 18.8. The predicted molar refractivity (Wildman–Crippen MR) is 124 cm³/mol. The fourth-order valence-electron chi connectivity index (χ4n) is 3.08. The van der Waals surface area contributed by atoms with Crippen LogP contribution in [0.5, 0.6) is 11.5 Å². The van der Waals surface area contributed by atoms with Gasteiger partial charge in [-0.05, 0) is 62.0 Å². The molecule has 0 bridgehead atoms. The quantitative estimate of drug-likeness (QED) is 0.546. The molecule has 0 aromatic heterocycles. The van der Waals surface area contributed by atoms with Gasteiger partial charge in [0.2, 0.25) is 11.8 Å². The molecule has 0 aliphatic heterocycles. The Bertz CT molecular complexity index is 907. The fraction of sp³-hybridized carbons (Fsp3) is 0.375. The van der Waals surface area contributed by atoms with Crippen molar-refractivity contribution >= 4 is 23.2 Å². The van der Waals surface area contributed by atoms with E-state index in [2.05, 4.69) is 11.4 Å². The maximum atomic E-state index is 13.0. The topological polar surface area (TPSA) is 94.9 Å². The van der Waals surface area contributed by atoms with Crippen LogP contribution in [0, 0.1) is 11.3 Å². The molecule has 0 radical (unpaired) electrons.